The molecule has 22 heavy (non-hydrogen) atoms. The van der Waals surface area contributed by atoms with Crippen molar-refractivity contribution >= 4 is 16.6 Å². The molecule has 1 aromatic heterocycles. The number of hydrogen-bond donors (Lipinski definition) is 1. The van der Waals surface area contributed by atoms with Gasteiger partial charge in [-0.2, -0.15) is 5.26 Å². The van der Waals surface area contributed by atoms with Gasteiger partial charge in [-0.25, -0.2) is 0 Å². The number of nitrogens with zero attached hydrogens (tertiary/aromatic N) is 3. The van der Waals surface area contributed by atoms with Crippen LogP contribution in [0.25, 0.3) is 10.9 Å². The van der Waals surface area contributed by atoms with Crippen molar-refractivity contribution in [3.8, 4) is 6.07 Å². The predicted octanol–water partition coefficient (Wildman–Crippen LogP) is 3.39. The molecule has 0 spiro atoms. The molecule has 1 fully saturated rings. The Morgan fingerprint density at radius 3 is 2.82 bits per heavy atom. The van der Waals surface area contributed by atoms with Crippen molar-refractivity contribution in [3.05, 3.63) is 36.0 Å². The smallest absolute Gasteiger partial charge is 0.103 e. The van der Waals surface area contributed by atoms with Crippen LogP contribution in [0.1, 0.15) is 31.7 Å². The van der Waals surface area contributed by atoms with E-state index in [4.69, 9.17) is 0 Å². The molecule has 0 radical (unpaired) electrons. The molecule has 114 valence electrons. The van der Waals surface area contributed by atoms with Crippen LogP contribution in [0.4, 0.5) is 5.69 Å². The summed E-state index contributed by atoms with van der Waals surface area (Å²) in [5, 5.41) is 14.0. The van der Waals surface area contributed by atoms with Gasteiger partial charge in [-0.1, -0.05) is 25.1 Å². The summed E-state index contributed by atoms with van der Waals surface area (Å²) in [7, 11) is 0. The Hall–Kier alpha value is -2.12. The van der Waals surface area contributed by atoms with Crippen LogP contribution < -0.4 is 5.32 Å². The maximum absolute atomic E-state index is 9.38. The van der Waals surface area contributed by atoms with E-state index in [1.165, 1.54) is 13.0 Å². The molecule has 0 amide bonds. The van der Waals surface area contributed by atoms with E-state index in [0.29, 0.717) is 11.6 Å². The number of nitriles is 1. The highest BCUT2D eigenvalue weighted by atomic mass is 15.1. The van der Waals surface area contributed by atoms with Crippen LogP contribution in [0.2, 0.25) is 0 Å². The summed E-state index contributed by atoms with van der Waals surface area (Å²) in [6.07, 6.45) is 5.14. The zero-order valence-electron chi connectivity index (χ0n) is 13.0. The average molecular weight is 294 g/mol. The minimum absolute atomic E-state index is 0.436. The van der Waals surface area contributed by atoms with Crippen LogP contribution in [0.5, 0.6) is 0 Å². The topological polar surface area (TPSA) is 52.0 Å². The summed E-state index contributed by atoms with van der Waals surface area (Å²) in [4.78, 5) is 6.89. The van der Waals surface area contributed by atoms with Gasteiger partial charge in [-0.15, -0.1) is 0 Å². The monoisotopic (exact) mass is 294 g/mol. The average Bonchev–Trinajstić information content (AvgIpc) is 2.57. The molecule has 4 heteroatoms. The Balaban J connectivity index is 1.81. The second kappa shape index (κ2) is 6.76. The van der Waals surface area contributed by atoms with Gasteiger partial charge in [-0.05, 0) is 31.9 Å². The number of piperidine rings is 1. The summed E-state index contributed by atoms with van der Waals surface area (Å²) in [6.45, 7) is 5.69. The molecule has 0 aliphatic carbocycles. The Morgan fingerprint density at radius 2 is 2.09 bits per heavy atom. The van der Waals surface area contributed by atoms with E-state index in [9.17, 15) is 5.26 Å². The van der Waals surface area contributed by atoms with Crippen LogP contribution in [0, 0.1) is 11.3 Å². The van der Waals surface area contributed by atoms with Gasteiger partial charge in [0.25, 0.3) is 0 Å². The first-order valence-corrected chi connectivity index (χ1v) is 8.08. The number of para-hydroxylation sites is 1. The van der Waals surface area contributed by atoms with Crippen LogP contribution >= 0.6 is 0 Å². The SMILES string of the molecule is CCCN1CCC(Nc2c(C#N)cnc3ccccc23)CC1. The lowest BCUT2D eigenvalue weighted by Gasteiger charge is -2.33. The first-order valence-electron chi connectivity index (χ1n) is 8.08. The molecule has 1 saturated heterocycles. The second-order valence-electron chi connectivity index (χ2n) is 5.94. The van der Waals surface area contributed by atoms with Crippen LogP contribution in [0.3, 0.4) is 0 Å². The minimum atomic E-state index is 0.436. The normalized spacial score (nSPS) is 16.5. The van der Waals surface area contributed by atoms with Crippen molar-refractivity contribution in [2.24, 2.45) is 0 Å². The van der Waals surface area contributed by atoms with E-state index in [-0.39, 0.29) is 0 Å². The molecule has 0 bridgehead atoms. The van der Waals surface area contributed by atoms with E-state index < -0.39 is 0 Å². The quantitative estimate of drug-likeness (QED) is 0.939. The fourth-order valence-corrected chi connectivity index (χ4v) is 3.20. The maximum Gasteiger partial charge on any atom is 0.103 e. The Bertz CT molecular complexity index is 681. The fourth-order valence-electron chi connectivity index (χ4n) is 3.20. The van der Waals surface area contributed by atoms with E-state index in [1.54, 1.807) is 6.20 Å². The second-order valence-corrected chi connectivity index (χ2v) is 5.94. The maximum atomic E-state index is 9.38. The highest BCUT2D eigenvalue weighted by Crippen LogP contribution is 2.27. The Morgan fingerprint density at radius 1 is 1.32 bits per heavy atom. The molecule has 1 aliphatic rings. The molecule has 0 atom stereocenters. The van der Waals surface area contributed by atoms with Gasteiger partial charge >= 0.3 is 0 Å². The van der Waals surface area contributed by atoms with Gasteiger partial charge in [-0.3, -0.25) is 4.98 Å². The lowest BCUT2D eigenvalue weighted by molar-refractivity contribution is 0.219. The summed E-state index contributed by atoms with van der Waals surface area (Å²) in [5.41, 5.74) is 2.52. The van der Waals surface area contributed by atoms with Crippen molar-refractivity contribution in [1.29, 1.82) is 5.26 Å². The molecular formula is C18H22N4. The molecule has 1 N–H and O–H groups in total. The summed E-state index contributed by atoms with van der Waals surface area (Å²) >= 11 is 0. The number of likely N-dealkylation sites (tertiary alicyclic amines) is 1. The predicted molar refractivity (Wildman–Crippen MR) is 89.8 cm³/mol. The van der Waals surface area contributed by atoms with Gasteiger partial charge in [0.05, 0.1) is 16.8 Å². The summed E-state index contributed by atoms with van der Waals surface area (Å²) in [6, 6.07) is 10.7. The standard InChI is InChI=1S/C18H22N4/c1-2-9-22-10-7-15(8-11-22)21-18-14(12-19)13-20-17-6-4-3-5-16(17)18/h3-6,13,15H,2,7-11H2,1H3,(H,20,21). The first-order chi connectivity index (χ1) is 10.8. The van der Waals surface area contributed by atoms with E-state index >= 15 is 0 Å². The number of aromatic nitrogens is 1. The van der Waals surface area contributed by atoms with E-state index in [0.717, 1.165) is 42.5 Å². The first kappa shape index (κ1) is 14.8. The van der Waals surface area contributed by atoms with Crippen LogP contribution in [-0.2, 0) is 0 Å². The minimum Gasteiger partial charge on any atom is -0.381 e. The number of hydrogen-bond acceptors (Lipinski definition) is 4. The van der Waals surface area contributed by atoms with E-state index in [1.807, 2.05) is 24.3 Å². The molecule has 1 aliphatic heterocycles. The van der Waals surface area contributed by atoms with Crippen molar-refractivity contribution in [1.82, 2.24) is 9.88 Å². The Kier molecular flexibility index (Phi) is 4.55. The summed E-state index contributed by atoms with van der Waals surface area (Å²) < 4.78 is 0. The zero-order valence-corrected chi connectivity index (χ0v) is 13.0. The van der Waals surface area contributed by atoms with Crippen molar-refractivity contribution < 1.29 is 0 Å². The lowest BCUT2D eigenvalue weighted by atomic mass is 10.0. The van der Waals surface area contributed by atoms with Gasteiger partial charge in [0.15, 0.2) is 0 Å². The van der Waals surface area contributed by atoms with Gasteiger partial charge < -0.3 is 10.2 Å². The third-order valence-corrected chi connectivity index (χ3v) is 4.37. The van der Waals surface area contributed by atoms with Crippen molar-refractivity contribution in [2.75, 3.05) is 25.0 Å². The fraction of sp³-hybridized carbons (Fsp3) is 0.444. The molecule has 1 aromatic carbocycles. The van der Waals surface area contributed by atoms with Crippen molar-refractivity contribution in [2.45, 2.75) is 32.2 Å². The molecule has 3 rings (SSSR count). The number of benzene rings is 1. The van der Waals surface area contributed by atoms with E-state index in [2.05, 4.69) is 28.2 Å². The molecule has 0 unspecified atom stereocenters. The van der Waals surface area contributed by atoms with Crippen molar-refractivity contribution in [3.63, 3.8) is 0 Å². The van der Waals surface area contributed by atoms with Gasteiger partial charge in [0.2, 0.25) is 0 Å². The largest absolute Gasteiger partial charge is 0.381 e. The number of rotatable bonds is 4. The third kappa shape index (κ3) is 3.05. The molecule has 2 heterocycles. The molecule has 4 nitrogen and oxygen atoms in total. The van der Waals surface area contributed by atoms with Crippen LogP contribution in [-0.4, -0.2) is 35.6 Å². The van der Waals surface area contributed by atoms with Gasteiger partial charge in [0.1, 0.15) is 6.07 Å². The lowest BCUT2D eigenvalue weighted by Crippen LogP contribution is -2.39. The molecular weight excluding hydrogens is 272 g/mol. The summed E-state index contributed by atoms with van der Waals surface area (Å²) in [5.74, 6) is 0. The highest BCUT2D eigenvalue weighted by molar-refractivity contribution is 5.93. The number of nitrogens with one attached hydrogen (secondary N) is 1. The number of anilines is 1. The van der Waals surface area contributed by atoms with Crippen LogP contribution in [0.15, 0.2) is 30.5 Å². The number of fused-ring (bicyclic) bond motifs is 1. The zero-order chi connectivity index (χ0) is 15.4. The number of pyridine rings is 1. The molecule has 0 saturated carbocycles. The third-order valence-electron chi connectivity index (χ3n) is 4.37. The highest BCUT2D eigenvalue weighted by Gasteiger charge is 2.20. The Labute approximate surface area is 131 Å². The van der Waals surface area contributed by atoms with Gasteiger partial charge in [0, 0.05) is 30.7 Å². The molecule has 2 aromatic rings.